The summed E-state index contributed by atoms with van der Waals surface area (Å²) in [4.78, 5) is 12.5. The lowest BCUT2D eigenvalue weighted by Crippen LogP contribution is -2.13. The predicted octanol–water partition coefficient (Wildman–Crippen LogP) is 3.23. The van der Waals surface area contributed by atoms with Crippen LogP contribution in [0, 0.1) is 10.5 Å². The van der Waals surface area contributed by atoms with Gasteiger partial charge in [-0.05, 0) is 66.8 Å². The standard InChI is InChI=1S/C17H16IN5O2/c1-3-25-16-9-8-15(21-22-16)23-11(2)14(10-19-23)17(24)20-13-6-4-12(18)5-7-13/h4-10H,3H2,1-2H3,(H,20,24). The van der Waals surface area contributed by atoms with Crippen molar-refractivity contribution in [1.29, 1.82) is 0 Å². The Morgan fingerprint density at radius 1 is 1.20 bits per heavy atom. The fourth-order valence-electron chi connectivity index (χ4n) is 2.25. The summed E-state index contributed by atoms with van der Waals surface area (Å²) < 4.78 is 7.96. The molecule has 0 radical (unpaired) electrons. The number of carbonyl (C=O) groups excluding carboxylic acids is 1. The van der Waals surface area contributed by atoms with Crippen LogP contribution in [0.25, 0.3) is 5.82 Å². The number of halogens is 1. The highest BCUT2D eigenvalue weighted by Gasteiger charge is 2.16. The van der Waals surface area contributed by atoms with Crippen molar-refractivity contribution in [3.8, 4) is 11.7 Å². The number of hydrogen-bond acceptors (Lipinski definition) is 5. The van der Waals surface area contributed by atoms with E-state index in [0.29, 0.717) is 29.6 Å². The van der Waals surface area contributed by atoms with E-state index in [2.05, 4.69) is 43.2 Å². The van der Waals surface area contributed by atoms with Gasteiger partial charge in [0.05, 0.1) is 24.1 Å². The largest absolute Gasteiger partial charge is 0.477 e. The second-order valence-corrected chi connectivity index (χ2v) is 6.42. The van der Waals surface area contributed by atoms with Gasteiger partial charge in [0.1, 0.15) is 0 Å². The monoisotopic (exact) mass is 449 g/mol. The van der Waals surface area contributed by atoms with Crippen LogP contribution in [-0.2, 0) is 0 Å². The Bertz CT molecular complexity index is 875. The SMILES string of the molecule is CCOc1ccc(-n2ncc(C(=O)Nc3ccc(I)cc3)c2C)nn1. The molecule has 0 unspecified atom stereocenters. The lowest BCUT2D eigenvalue weighted by atomic mass is 10.2. The highest BCUT2D eigenvalue weighted by molar-refractivity contribution is 14.1. The zero-order valence-corrected chi connectivity index (χ0v) is 15.9. The molecule has 0 atom stereocenters. The average molecular weight is 449 g/mol. The van der Waals surface area contributed by atoms with E-state index in [1.807, 2.05) is 38.1 Å². The summed E-state index contributed by atoms with van der Waals surface area (Å²) in [6.45, 7) is 4.22. The molecule has 7 nitrogen and oxygen atoms in total. The van der Waals surface area contributed by atoms with Gasteiger partial charge in [-0.1, -0.05) is 0 Å². The third-order valence-electron chi connectivity index (χ3n) is 3.49. The Morgan fingerprint density at radius 2 is 1.96 bits per heavy atom. The Labute approximate surface area is 158 Å². The van der Waals surface area contributed by atoms with Crippen molar-refractivity contribution in [2.24, 2.45) is 0 Å². The molecule has 1 amide bonds. The number of hydrogen-bond donors (Lipinski definition) is 1. The van der Waals surface area contributed by atoms with Crippen LogP contribution in [0.1, 0.15) is 23.0 Å². The molecular formula is C17H16IN5O2. The fraction of sp³-hybridized carbons (Fsp3) is 0.176. The minimum atomic E-state index is -0.219. The molecule has 8 heteroatoms. The number of aromatic nitrogens is 4. The molecule has 0 aliphatic carbocycles. The number of nitrogens with one attached hydrogen (secondary N) is 1. The van der Waals surface area contributed by atoms with E-state index >= 15 is 0 Å². The number of rotatable bonds is 5. The Hall–Kier alpha value is -2.49. The van der Waals surface area contributed by atoms with Gasteiger partial charge in [-0.2, -0.15) is 5.10 Å². The number of amides is 1. The van der Waals surface area contributed by atoms with Gasteiger partial charge in [0.15, 0.2) is 5.82 Å². The van der Waals surface area contributed by atoms with E-state index in [0.717, 1.165) is 9.26 Å². The van der Waals surface area contributed by atoms with E-state index in [-0.39, 0.29) is 5.91 Å². The normalized spacial score (nSPS) is 10.5. The number of nitrogens with zero attached hydrogens (tertiary/aromatic N) is 4. The first kappa shape index (κ1) is 17.3. The first-order valence-electron chi connectivity index (χ1n) is 7.67. The van der Waals surface area contributed by atoms with Crippen LogP contribution < -0.4 is 10.1 Å². The Morgan fingerprint density at radius 3 is 2.60 bits per heavy atom. The van der Waals surface area contributed by atoms with Gasteiger partial charge < -0.3 is 10.1 Å². The summed E-state index contributed by atoms with van der Waals surface area (Å²) in [5.41, 5.74) is 1.90. The molecule has 3 rings (SSSR count). The Kier molecular flexibility index (Phi) is 5.27. The van der Waals surface area contributed by atoms with Crippen LogP contribution in [0.15, 0.2) is 42.6 Å². The van der Waals surface area contributed by atoms with Crippen molar-refractivity contribution in [2.75, 3.05) is 11.9 Å². The van der Waals surface area contributed by atoms with Gasteiger partial charge in [-0.25, -0.2) is 4.68 Å². The van der Waals surface area contributed by atoms with Crippen LogP contribution in [0.2, 0.25) is 0 Å². The maximum absolute atomic E-state index is 12.5. The molecule has 3 aromatic rings. The molecule has 0 aliphatic rings. The minimum absolute atomic E-state index is 0.219. The van der Waals surface area contributed by atoms with Gasteiger partial charge in [-0.3, -0.25) is 4.79 Å². The molecule has 0 aliphatic heterocycles. The molecule has 0 saturated carbocycles. The van der Waals surface area contributed by atoms with E-state index < -0.39 is 0 Å². The highest BCUT2D eigenvalue weighted by atomic mass is 127. The molecule has 128 valence electrons. The van der Waals surface area contributed by atoms with Crippen molar-refractivity contribution >= 4 is 34.2 Å². The lowest BCUT2D eigenvalue weighted by Gasteiger charge is -2.06. The summed E-state index contributed by atoms with van der Waals surface area (Å²) in [5.74, 6) is 0.755. The van der Waals surface area contributed by atoms with E-state index in [4.69, 9.17) is 4.74 Å². The quantitative estimate of drug-likeness (QED) is 0.605. The maximum Gasteiger partial charge on any atom is 0.259 e. The molecule has 0 spiro atoms. The summed E-state index contributed by atoms with van der Waals surface area (Å²) >= 11 is 2.22. The molecule has 1 N–H and O–H groups in total. The van der Waals surface area contributed by atoms with Crippen LogP contribution in [0.5, 0.6) is 5.88 Å². The minimum Gasteiger partial charge on any atom is -0.477 e. The van der Waals surface area contributed by atoms with E-state index in [1.54, 1.807) is 16.8 Å². The van der Waals surface area contributed by atoms with E-state index in [9.17, 15) is 4.79 Å². The molecule has 0 fully saturated rings. The maximum atomic E-state index is 12.5. The van der Waals surface area contributed by atoms with Crippen LogP contribution >= 0.6 is 22.6 Å². The molecule has 2 heterocycles. The number of benzene rings is 1. The van der Waals surface area contributed by atoms with Crippen LogP contribution in [0.3, 0.4) is 0 Å². The number of anilines is 1. The van der Waals surface area contributed by atoms with Crippen molar-refractivity contribution in [3.63, 3.8) is 0 Å². The zero-order chi connectivity index (χ0) is 17.8. The molecule has 0 saturated heterocycles. The topological polar surface area (TPSA) is 81.9 Å². The smallest absolute Gasteiger partial charge is 0.259 e. The molecule has 1 aromatic carbocycles. The van der Waals surface area contributed by atoms with Crippen molar-refractivity contribution < 1.29 is 9.53 Å². The highest BCUT2D eigenvalue weighted by Crippen LogP contribution is 2.17. The van der Waals surface area contributed by atoms with Crippen molar-refractivity contribution in [3.05, 3.63) is 57.4 Å². The second-order valence-electron chi connectivity index (χ2n) is 5.18. The second kappa shape index (κ2) is 7.60. The van der Waals surface area contributed by atoms with Gasteiger partial charge >= 0.3 is 0 Å². The van der Waals surface area contributed by atoms with Crippen molar-refractivity contribution in [2.45, 2.75) is 13.8 Å². The molecule has 0 bridgehead atoms. The predicted molar refractivity (Wildman–Crippen MR) is 102 cm³/mol. The average Bonchev–Trinajstić information content (AvgIpc) is 2.99. The Balaban J connectivity index is 1.80. The lowest BCUT2D eigenvalue weighted by molar-refractivity contribution is 0.102. The van der Waals surface area contributed by atoms with Crippen LogP contribution in [0.4, 0.5) is 5.69 Å². The van der Waals surface area contributed by atoms with E-state index in [1.165, 1.54) is 6.20 Å². The molecular weight excluding hydrogens is 433 g/mol. The fourth-order valence-corrected chi connectivity index (χ4v) is 2.61. The molecule has 25 heavy (non-hydrogen) atoms. The first-order chi connectivity index (χ1) is 12.1. The van der Waals surface area contributed by atoms with Gasteiger partial charge in [0, 0.05) is 15.3 Å². The third-order valence-corrected chi connectivity index (χ3v) is 4.21. The molecule has 2 aromatic heterocycles. The summed E-state index contributed by atoms with van der Waals surface area (Å²) in [5, 5.41) is 15.2. The van der Waals surface area contributed by atoms with Gasteiger partial charge in [-0.15, -0.1) is 10.2 Å². The summed E-state index contributed by atoms with van der Waals surface area (Å²) in [6, 6.07) is 11.1. The number of carbonyl (C=O) groups is 1. The van der Waals surface area contributed by atoms with Gasteiger partial charge in [0.25, 0.3) is 5.91 Å². The zero-order valence-electron chi connectivity index (χ0n) is 13.7. The third kappa shape index (κ3) is 3.95. The summed E-state index contributed by atoms with van der Waals surface area (Å²) in [7, 11) is 0. The van der Waals surface area contributed by atoms with Crippen LogP contribution in [-0.4, -0.2) is 32.5 Å². The number of ether oxygens (including phenoxy) is 1. The van der Waals surface area contributed by atoms with Gasteiger partial charge in [0.2, 0.25) is 5.88 Å². The summed E-state index contributed by atoms with van der Waals surface area (Å²) in [6.07, 6.45) is 1.52. The van der Waals surface area contributed by atoms with Crippen molar-refractivity contribution in [1.82, 2.24) is 20.0 Å². The first-order valence-corrected chi connectivity index (χ1v) is 8.75.